The van der Waals surface area contributed by atoms with Crippen LogP contribution in [0.15, 0.2) is 36.4 Å². The van der Waals surface area contributed by atoms with E-state index >= 15 is 0 Å². The summed E-state index contributed by atoms with van der Waals surface area (Å²) < 4.78 is 2.45. The Morgan fingerprint density at radius 3 is 2.47 bits per heavy atom. The van der Waals surface area contributed by atoms with Crippen molar-refractivity contribution in [2.24, 2.45) is 0 Å². The normalized spacial score (nSPS) is 15.7. The lowest BCUT2D eigenvalue weighted by molar-refractivity contribution is 0.0697. The second-order valence-corrected chi connectivity index (χ2v) is 11.0. The molecule has 1 aliphatic carbocycles. The zero-order valence-corrected chi connectivity index (χ0v) is 22.9. The minimum Gasteiger partial charge on any atom is -0.478 e. The number of carbonyl (C=O) groups is 1. The highest BCUT2D eigenvalue weighted by Gasteiger charge is 2.30. The van der Waals surface area contributed by atoms with Gasteiger partial charge in [-0.15, -0.1) is 0 Å². The van der Waals surface area contributed by atoms with Gasteiger partial charge in [0.2, 0.25) is 0 Å². The zero-order chi connectivity index (χ0) is 25.9. The molecule has 3 aromatic rings. The highest BCUT2D eigenvalue weighted by molar-refractivity contribution is 5.99. The molecule has 0 spiro atoms. The Balaban J connectivity index is 0.00000336. The number of benzene rings is 2. The molecule has 206 valence electrons. The van der Waals surface area contributed by atoms with Gasteiger partial charge < -0.3 is 19.5 Å². The van der Waals surface area contributed by atoms with E-state index in [4.69, 9.17) is 0 Å². The molecule has 0 atom stereocenters. The minimum absolute atomic E-state index is 0. The Kier molecular flexibility index (Phi) is 9.19. The summed E-state index contributed by atoms with van der Waals surface area (Å²) in [4.78, 5) is 17.0. The number of carboxylic acids is 1. The molecule has 1 fully saturated rings. The summed E-state index contributed by atoms with van der Waals surface area (Å²) in [6, 6.07) is 12.8. The molecule has 0 radical (unpaired) electrons. The molecule has 0 bridgehead atoms. The second kappa shape index (κ2) is 12.4. The first-order chi connectivity index (χ1) is 18.0. The fraction of sp³-hybridized carbons (Fsp3) is 0.545. The SMILES string of the molecule is C.CCN(CC)CCCCN1CCn2c(c(C3CCCCC3)c3ccc(C(=O)O)cc32)-c2ccc(C)cc21. The fourth-order valence-corrected chi connectivity index (χ4v) is 6.69. The number of rotatable bonds is 9. The Hall–Kier alpha value is -2.79. The quantitative estimate of drug-likeness (QED) is 0.293. The van der Waals surface area contributed by atoms with E-state index < -0.39 is 5.97 Å². The van der Waals surface area contributed by atoms with Crippen LogP contribution in [0, 0.1) is 6.92 Å². The minimum atomic E-state index is -0.851. The van der Waals surface area contributed by atoms with Crippen molar-refractivity contribution < 1.29 is 9.90 Å². The number of aromatic nitrogens is 1. The molecule has 5 heteroatoms. The van der Waals surface area contributed by atoms with E-state index in [-0.39, 0.29) is 7.43 Å². The maximum Gasteiger partial charge on any atom is 0.335 e. The first kappa shape index (κ1) is 28.2. The van der Waals surface area contributed by atoms with Gasteiger partial charge in [-0.2, -0.15) is 0 Å². The van der Waals surface area contributed by atoms with Crippen molar-refractivity contribution in [3.05, 3.63) is 53.1 Å². The number of fused-ring (bicyclic) bond motifs is 5. The monoisotopic (exact) mass is 517 g/mol. The van der Waals surface area contributed by atoms with Crippen LogP contribution in [-0.2, 0) is 6.54 Å². The Morgan fingerprint density at radius 2 is 1.76 bits per heavy atom. The van der Waals surface area contributed by atoms with E-state index in [1.165, 1.54) is 78.4 Å². The summed E-state index contributed by atoms with van der Waals surface area (Å²) >= 11 is 0. The van der Waals surface area contributed by atoms with Gasteiger partial charge in [-0.1, -0.05) is 58.7 Å². The predicted octanol–water partition coefficient (Wildman–Crippen LogP) is 7.94. The third-order valence-electron chi connectivity index (χ3n) is 8.75. The molecule has 38 heavy (non-hydrogen) atoms. The van der Waals surface area contributed by atoms with Crippen molar-refractivity contribution in [2.45, 2.75) is 85.6 Å². The molecule has 1 aromatic heterocycles. The van der Waals surface area contributed by atoms with Crippen molar-refractivity contribution in [3.8, 4) is 11.3 Å². The maximum atomic E-state index is 11.9. The van der Waals surface area contributed by atoms with Crippen LogP contribution in [0.2, 0.25) is 0 Å². The molecule has 5 nitrogen and oxygen atoms in total. The number of hydrogen-bond donors (Lipinski definition) is 1. The summed E-state index contributed by atoms with van der Waals surface area (Å²) in [5.74, 6) is -0.311. The Morgan fingerprint density at radius 1 is 1.00 bits per heavy atom. The molecule has 5 rings (SSSR count). The summed E-state index contributed by atoms with van der Waals surface area (Å²) in [5.41, 5.74) is 8.23. The van der Waals surface area contributed by atoms with Gasteiger partial charge in [-0.05, 0) is 87.5 Å². The lowest BCUT2D eigenvalue weighted by Gasteiger charge is -2.27. The van der Waals surface area contributed by atoms with Crippen LogP contribution in [-0.4, -0.2) is 53.3 Å². The van der Waals surface area contributed by atoms with E-state index in [1.807, 2.05) is 6.07 Å². The van der Waals surface area contributed by atoms with E-state index in [0.717, 1.165) is 44.8 Å². The molecule has 2 heterocycles. The number of nitrogens with zero attached hydrogens (tertiary/aromatic N) is 3. The van der Waals surface area contributed by atoms with Crippen molar-refractivity contribution in [3.63, 3.8) is 0 Å². The summed E-state index contributed by atoms with van der Waals surface area (Å²) in [5, 5.41) is 11.0. The van der Waals surface area contributed by atoms with Gasteiger partial charge in [0.15, 0.2) is 0 Å². The van der Waals surface area contributed by atoms with Gasteiger partial charge in [0.25, 0.3) is 0 Å². The topological polar surface area (TPSA) is 48.7 Å². The number of aryl methyl sites for hydroxylation is 1. The summed E-state index contributed by atoms with van der Waals surface area (Å²) in [7, 11) is 0. The molecular weight excluding hydrogens is 470 g/mol. The molecule has 0 unspecified atom stereocenters. The fourth-order valence-electron chi connectivity index (χ4n) is 6.69. The van der Waals surface area contributed by atoms with Crippen molar-refractivity contribution in [2.75, 3.05) is 37.6 Å². The Labute approximate surface area is 229 Å². The third-order valence-corrected chi connectivity index (χ3v) is 8.75. The largest absolute Gasteiger partial charge is 0.478 e. The zero-order valence-electron chi connectivity index (χ0n) is 22.9. The summed E-state index contributed by atoms with van der Waals surface area (Å²) in [6.07, 6.45) is 8.73. The summed E-state index contributed by atoms with van der Waals surface area (Å²) in [6.45, 7) is 13.0. The first-order valence-electron chi connectivity index (χ1n) is 14.5. The molecule has 1 aliphatic heterocycles. The number of anilines is 1. The van der Waals surface area contributed by atoms with Crippen LogP contribution >= 0.6 is 0 Å². The van der Waals surface area contributed by atoms with E-state index in [0.29, 0.717) is 11.5 Å². The molecule has 0 saturated heterocycles. The van der Waals surface area contributed by atoms with Crippen LogP contribution in [0.5, 0.6) is 0 Å². The van der Waals surface area contributed by atoms with Gasteiger partial charge in [0, 0.05) is 41.8 Å². The average molecular weight is 518 g/mol. The van der Waals surface area contributed by atoms with Crippen LogP contribution in [0.4, 0.5) is 5.69 Å². The molecule has 1 N–H and O–H groups in total. The number of unbranched alkanes of at least 4 members (excludes halogenated alkanes) is 1. The maximum absolute atomic E-state index is 11.9. The van der Waals surface area contributed by atoms with Crippen molar-refractivity contribution in [1.82, 2.24) is 9.47 Å². The van der Waals surface area contributed by atoms with Gasteiger partial charge in [-0.3, -0.25) is 0 Å². The molecule has 1 saturated carbocycles. The molecular formula is C33H47N3O2. The van der Waals surface area contributed by atoms with Crippen molar-refractivity contribution in [1.29, 1.82) is 0 Å². The van der Waals surface area contributed by atoms with Crippen LogP contribution < -0.4 is 4.90 Å². The Bertz CT molecular complexity index is 1250. The first-order valence-corrected chi connectivity index (χ1v) is 14.5. The van der Waals surface area contributed by atoms with Gasteiger partial charge in [-0.25, -0.2) is 4.79 Å². The van der Waals surface area contributed by atoms with E-state index in [9.17, 15) is 9.90 Å². The van der Waals surface area contributed by atoms with Crippen molar-refractivity contribution >= 4 is 22.6 Å². The van der Waals surface area contributed by atoms with Crippen LogP contribution in [0.3, 0.4) is 0 Å². The second-order valence-electron chi connectivity index (χ2n) is 11.0. The van der Waals surface area contributed by atoms with E-state index in [2.05, 4.69) is 59.4 Å². The highest BCUT2D eigenvalue weighted by Crippen LogP contribution is 2.47. The van der Waals surface area contributed by atoms with Gasteiger partial charge >= 0.3 is 5.97 Å². The van der Waals surface area contributed by atoms with Crippen LogP contribution in [0.1, 0.15) is 93.6 Å². The molecule has 0 amide bonds. The lowest BCUT2D eigenvalue weighted by Crippen LogP contribution is -2.29. The third kappa shape index (κ3) is 5.49. The standard InChI is InChI=1S/C32H43N3O2.CH4/c1-4-33(5-2)17-9-10-18-34-19-20-35-29-22-25(32(36)37)14-16-26(29)30(24-11-7-6-8-12-24)31(35)27-15-13-23(3)21-28(27)34;/h13-16,21-22,24H,4-12,17-20H2,1-3H3,(H,36,37);1H4. The average Bonchev–Trinajstić information content (AvgIpc) is 3.15. The highest BCUT2D eigenvalue weighted by atomic mass is 16.4. The predicted molar refractivity (Wildman–Crippen MR) is 161 cm³/mol. The molecule has 2 aromatic carbocycles. The number of aromatic carboxylic acids is 1. The number of hydrogen-bond acceptors (Lipinski definition) is 3. The smallest absolute Gasteiger partial charge is 0.335 e. The number of carboxylic acid groups (broad SMARTS) is 1. The lowest BCUT2D eigenvalue weighted by atomic mass is 9.81. The van der Waals surface area contributed by atoms with E-state index in [1.54, 1.807) is 6.07 Å². The molecule has 2 aliphatic rings. The van der Waals surface area contributed by atoms with Gasteiger partial charge in [0.1, 0.15) is 0 Å². The van der Waals surface area contributed by atoms with Crippen LogP contribution in [0.25, 0.3) is 22.2 Å². The van der Waals surface area contributed by atoms with Gasteiger partial charge in [0.05, 0.1) is 11.3 Å².